The second-order valence-corrected chi connectivity index (χ2v) is 3.47. The first-order chi connectivity index (χ1) is 5.60. The van der Waals surface area contributed by atoms with Crippen molar-refractivity contribution >= 4 is 0 Å². The third-order valence-electron chi connectivity index (χ3n) is 2.13. The van der Waals surface area contributed by atoms with Crippen LogP contribution in [0.25, 0.3) is 0 Å². The van der Waals surface area contributed by atoms with E-state index in [2.05, 4.69) is 0 Å². The monoisotopic (exact) mass is 180 g/mol. The molecule has 0 aromatic rings. The van der Waals surface area contributed by atoms with Gasteiger partial charge in [0.05, 0.1) is 12.5 Å². The summed E-state index contributed by atoms with van der Waals surface area (Å²) in [6.07, 6.45) is 2.40. The number of aliphatic hydroxyl groups is 2. The van der Waals surface area contributed by atoms with Gasteiger partial charge in [-0.1, -0.05) is 0 Å². The molecular formula is C8H14F2O2. The number of halogens is 2. The van der Waals surface area contributed by atoms with Crippen LogP contribution in [0, 0.1) is 11.8 Å². The Bertz CT molecular complexity index is 146. The van der Waals surface area contributed by atoms with Gasteiger partial charge in [0.2, 0.25) is 0 Å². The summed E-state index contributed by atoms with van der Waals surface area (Å²) >= 11 is 0. The lowest BCUT2D eigenvalue weighted by atomic mass is 10.5. The molecule has 2 saturated carbocycles. The first-order valence-electron chi connectivity index (χ1n) is 4.19. The maximum absolute atomic E-state index is 11.6. The molecule has 2 nitrogen and oxygen atoms in total. The van der Waals surface area contributed by atoms with E-state index in [-0.39, 0.29) is 13.0 Å². The summed E-state index contributed by atoms with van der Waals surface area (Å²) in [6, 6.07) is 0. The van der Waals surface area contributed by atoms with E-state index in [4.69, 9.17) is 10.2 Å². The number of rotatable bonds is 2. The molecular weight excluding hydrogens is 166 g/mol. The van der Waals surface area contributed by atoms with Crippen molar-refractivity contribution in [1.82, 2.24) is 0 Å². The van der Waals surface area contributed by atoms with Gasteiger partial charge >= 0.3 is 0 Å². The van der Waals surface area contributed by atoms with Gasteiger partial charge in [-0.2, -0.15) is 0 Å². The molecule has 1 atom stereocenters. The molecule has 0 amide bonds. The highest BCUT2D eigenvalue weighted by molar-refractivity contribution is 4.93. The molecule has 1 unspecified atom stereocenters. The van der Waals surface area contributed by atoms with Crippen molar-refractivity contribution in [2.75, 3.05) is 13.2 Å². The third-order valence-corrected chi connectivity index (χ3v) is 2.13. The Balaban J connectivity index is 0.000000127. The molecule has 0 spiro atoms. The molecule has 0 saturated heterocycles. The molecule has 2 aliphatic carbocycles. The fourth-order valence-electron chi connectivity index (χ4n) is 0.768. The van der Waals surface area contributed by atoms with Gasteiger partial charge in [-0.05, 0) is 18.8 Å². The highest BCUT2D eigenvalue weighted by Crippen LogP contribution is 2.47. The summed E-state index contributed by atoms with van der Waals surface area (Å²) in [5.41, 5.74) is 0. The quantitative estimate of drug-likeness (QED) is 0.666. The topological polar surface area (TPSA) is 40.5 Å². The van der Waals surface area contributed by atoms with Gasteiger partial charge in [0, 0.05) is 13.0 Å². The van der Waals surface area contributed by atoms with Gasteiger partial charge in [0.25, 0.3) is 5.92 Å². The Morgan fingerprint density at radius 3 is 1.67 bits per heavy atom. The standard InChI is InChI=1S/C4H6F2O.C4H8O/c5-4(6)1-3(4)2-7;5-3-4-1-2-4/h3,7H,1-2H2;4-5H,1-3H2. The minimum Gasteiger partial charge on any atom is -0.396 e. The summed E-state index contributed by atoms with van der Waals surface area (Å²) in [4.78, 5) is 0. The highest BCUT2D eigenvalue weighted by atomic mass is 19.3. The number of hydrogen-bond donors (Lipinski definition) is 2. The van der Waals surface area contributed by atoms with Crippen LogP contribution < -0.4 is 0 Å². The van der Waals surface area contributed by atoms with Gasteiger partial charge in [0.15, 0.2) is 0 Å². The van der Waals surface area contributed by atoms with E-state index in [9.17, 15) is 8.78 Å². The van der Waals surface area contributed by atoms with Crippen molar-refractivity contribution in [3.63, 3.8) is 0 Å². The van der Waals surface area contributed by atoms with E-state index >= 15 is 0 Å². The Labute approximate surface area is 70.2 Å². The second-order valence-electron chi connectivity index (χ2n) is 3.47. The average molecular weight is 180 g/mol. The summed E-state index contributed by atoms with van der Waals surface area (Å²) < 4.78 is 23.3. The van der Waals surface area contributed by atoms with E-state index < -0.39 is 11.8 Å². The van der Waals surface area contributed by atoms with Crippen LogP contribution in [0.15, 0.2) is 0 Å². The molecule has 72 valence electrons. The van der Waals surface area contributed by atoms with Gasteiger partial charge in [0.1, 0.15) is 0 Å². The largest absolute Gasteiger partial charge is 0.396 e. The van der Waals surface area contributed by atoms with Crippen LogP contribution in [0.5, 0.6) is 0 Å². The summed E-state index contributed by atoms with van der Waals surface area (Å²) in [5, 5.41) is 16.3. The van der Waals surface area contributed by atoms with Crippen molar-refractivity contribution in [3.8, 4) is 0 Å². The molecule has 0 aromatic heterocycles. The van der Waals surface area contributed by atoms with E-state index in [1.54, 1.807) is 0 Å². The van der Waals surface area contributed by atoms with E-state index in [1.807, 2.05) is 0 Å². The molecule has 0 aliphatic heterocycles. The zero-order chi connectivity index (χ0) is 9.19. The predicted molar refractivity (Wildman–Crippen MR) is 39.9 cm³/mol. The normalized spacial score (nSPS) is 30.5. The van der Waals surface area contributed by atoms with Crippen molar-refractivity contribution in [3.05, 3.63) is 0 Å². The molecule has 0 bridgehead atoms. The van der Waals surface area contributed by atoms with Crippen LogP contribution in [0.2, 0.25) is 0 Å². The van der Waals surface area contributed by atoms with Crippen LogP contribution >= 0.6 is 0 Å². The van der Waals surface area contributed by atoms with Crippen LogP contribution in [-0.2, 0) is 0 Å². The van der Waals surface area contributed by atoms with Gasteiger partial charge in [-0.25, -0.2) is 8.78 Å². The average Bonchev–Trinajstić information content (AvgIpc) is 2.87. The minimum atomic E-state index is -2.53. The van der Waals surface area contributed by atoms with Gasteiger partial charge in [-0.3, -0.25) is 0 Å². The molecule has 0 heterocycles. The molecule has 2 aliphatic rings. The fourth-order valence-corrected chi connectivity index (χ4v) is 0.768. The minimum absolute atomic E-state index is 0.122. The Morgan fingerprint density at radius 1 is 1.17 bits per heavy atom. The summed E-state index contributed by atoms with van der Waals surface area (Å²) in [7, 11) is 0. The van der Waals surface area contributed by atoms with Crippen molar-refractivity contribution in [2.45, 2.75) is 25.2 Å². The fraction of sp³-hybridized carbons (Fsp3) is 1.00. The van der Waals surface area contributed by atoms with Crippen LogP contribution in [0.1, 0.15) is 19.3 Å². The van der Waals surface area contributed by atoms with Crippen molar-refractivity contribution in [2.24, 2.45) is 11.8 Å². The lowest BCUT2D eigenvalue weighted by molar-refractivity contribution is 0.0822. The van der Waals surface area contributed by atoms with E-state index in [0.717, 1.165) is 0 Å². The molecule has 4 heteroatoms. The number of aliphatic hydroxyl groups excluding tert-OH is 2. The molecule has 12 heavy (non-hydrogen) atoms. The maximum atomic E-state index is 11.6. The zero-order valence-corrected chi connectivity index (χ0v) is 6.84. The predicted octanol–water partition coefficient (Wildman–Crippen LogP) is 1.02. The van der Waals surface area contributed by atoms with Crippen LogP contribution in [-0.4, -0.2) is 29.3 Å². The van der Waals surface area contributed by atoms with Crippen molar-refractivity contribution < 1.29 is 19.0 Å². The van der Waals surface area contributed by atoms with Gasteiger partial charge < -0.3 is 10.2 Å². The van der Waals surface area contributed by atoms with Crippen molar-refractivity contribution in [1.29, 1.82) is 0 Å². The highest BCUT2D eigenvalue weighted by Gasteiger charge is 2.56. The first kappa shape index (κ1) is 9.86. The smallest absolute Gasteiger partial charge is 0.253 e. The molecule has 2 N–H and O–H groups in total. The summed E-state index contributed by atoms with van der Waals surface area (Å²) in [5.74, 6) is -2.57. The molecule has 0 aromatic carbocycles. The molecule has 2 rings (SSSR count). The summed E-state index contributed by atoms with van der Waals surface area (Å²) in [6.45, 7) is 0.0486. The van der Waals surface area contributed by atoms with Gasteiger partial charge in [-0.15, -0.1) is 0 Å². The Kier molecular flexibility index (Phi) is 3.01. The molecule has 0 radical (unpaired) electrons. The third kappa shape index (κ3) is 3.03. The lowest BCUT2D eigenvalue weighted by Crippen LogP contribution is -1.96. The number of hydrogen-bond acceptors (Lipinski definition) is 2. The van der Waals surface area contributed by atoms with E-state index in [1.165, 1.54) is 12.8 Å². The Morgan fingerprint density at radius 2 is 1.67 bits per heavy atom. The van der Waals surface area contributed by atoms with Crippen LogP contribution in [0.3, 0.4) is 0 Å². The lowest BCUT2D eigenvalue weighted by Gasteiger charge is -1.86. The SMILES string of the molecule is OCC1CC1.OCC1CC1(F)F. The first-order valence-corrected chi connectivity index (χ1v) is 4.19. The molecule has 2 fully saturated rings. The second kappa shape index (κ2) is 3.66. The van der Waals surface area contributed by atoms with E-state index in [0.29, 0.717) is 12.5 Å². The number of alkyl halides is 2. The van der Waals surface area contributed by atoms with Crippen LogP contribution in [0.4, 0.5) is 8.78 Å². The maximum Gasteiger partial charge on any atom is 0.253 e. The Hall–Kier alpha value is -0.220. The zero-order valence-electron chi connectivity index (χ0n) is 6.84.